The minimum atomic E-state index is -1.56. The van der Waals surface area contributed by atoms with Gasteiger partial charge in [-0.1, -0.05) is 192 Å². The van der Waals surface area contributed by atoms with Crippen molar-refractivity contribution in [3.8, 4) is 0 Å². The molecule has 0 saturated carbocycles. The monoisotopic (exact) mass is 947 g/mol. The number of carbonyl (C=O) groups is 1. The molecule has 0 aliphatic carbocycles. The van der Waals surface area contributed by atoms with Gasteiger partial charge >= 0.3 is 5.97 Å². The summed E-state index contributed by atoms with van der Waals surface area (Å²) in [6, 6.07) is 0. The minimum absolute atomic E-state index is 0.0925. The van der Waals surface area contributed by atoms with E-state index >= 15 is 0 Å². The van der Waals surface area contributed by atoms with E-state index in [2.05, 4.69) is 148 Å². The van der Waals surface area contributed by atoms with Gasteiger partial charge in [0, 0.05) is 13.0 Å². The van der Waals surface area contributed by atoms with Gasteiger partial charge < -0.3 is 39.4 Å². The zero-order chi connectivity index (χ0) is 49.2. The van der Waals surface area contributed by atoms with Crippen LogP contribution < -0.4 is 0 Å². The second-order valence-electron chi connectivity index (χ2n) is 17.2. The van der Waals surface area contributed by atoms with Crippen LogP contribution in [0.15, 0.2) is 134 Å². The standard InChI is InChI=1S/C59H94O9/c1-3-5-7-9-11-13-15-17-19-21-23-25-26-27-28-29-30-32-34-36-38-40-42-44-46-48-55(61)67-53(52-66-59-58(64)57(63)56(62)54(50-60)68-59)51-65-49-47-45-43-41-39-37-35-33-31-24-22-20-18-16-14-12-10-8-6-4-2/h5-8,11-14,17-20,23-25,27-28,31,35,37,41,43,53-54,56-60,62-64H,3-4,9-10,15-16,21-22,26,29-30,32-34,36,38-40,42,44-52H2,1-2H3/b7-5-,8-6-,13-11-,14-12-,19-17-,20-18-,25-23-,28-27-,31-24-,37-35-,43-41-. The van der Waals surface area contributed by atoms with Crippen LogP contribution in [0, 0.1) is 0 Å². The van der Waals surface area contributed by atoms with Crippen molar-refractivity contribution in [2.24, 2.45) is 0 Å². The van der Waals surface area contributed by atoms with Crippen molar-refractivity contribution < 1.29 is 44.2 Å². The molecule has 1 rings (SSSR count). The minimum Gasteiger partial charge on any atom is -0.457 e. The van der Waals surface area contributed by atoms with Crippen LogP contribution in [0.4, 0.5) is 0 Å². The van der Waals surface area contributed by atoms with Crippen LogP contribution in [0.2, 0.25) is 0 Å². The highest BCUT2D eigenvalue weighted by molar-refractivity contribution is 5.69. The predicted molar refractivity (Wildman–Crippen MR) is 283 cm³/mol. The number of esters is 1. The molecular weight excluding hydrogens is 853 g/mol. The summed E-state index contributed by atoms with van der Waals surface area (Å²) in [5.41, 5.74) is 0. The fourth-order valence-corrected chi connectivity index (χ4v) is 7.06. The highest BCUT2D eigenvalue weighted by Crippen LogP contribution is 2.22. The predicted octanol–water partition coefficient (Wildman–Crippen LogP) is 13.3. The first kappa shape index (κ1) is 62.3. The molecular formula is C59H94O9. The zero-order valence-corrected chi connectivity index (χ0v) is 42.3. The normalized spacial score (nSPS) is 20.2. The fraction of sp³-hybridized carbons (Fsp3) is 0.610. The van der Waals surface area contributed by atoms with Gasteiger partial charge in [0.2, 0.25) is 0 Å². The average Bonchev–Trinajstić information content (AvgIpc) is 3.34. The van der Waals surface area contributed by atoms with Gasteiger partial charge in [0.1, 0.15) is 30.5 Å². The molecule has 6 unspecified atom stereocenters. The Hall–Kier alpha value is -3.67. The topological polar surface area (TPSA) is 135 Å². The Kier molecular flexibility index (Phi) is 44.3. The summed E-state index contributed by atoms with van der Waals surface area (Å²) in [5, 5.41) is 40.3. The maximum atomic E-state index is 12.9. The van der Waals surface area contributed by atoms with E-state index in [-0.39, 0.29) is 25.6 Å². The van der Waals surface area contributed by atoms with Gasteiger partial charge in [-0.3, -0.25) is 4.79 Å². The Labute approximate surface area is 413 Å². The summed E-state index contributed by atoms with van der Waals surface area (Å²) >= 11 is 0. The van der Waals surface area contributed by atoms with Crippen LogP contribution in [0.25, 0.3) is 0 Å². The molecule has 4 N–H and O–H groups in total. The Balaban J connectivity index is 2.26. The maximum Gasteiger partial charge on any atom is 0.306 e. The summed E-state index contributed by atoms with van der Waals surface area (Å²) < 4.78 is 22.8. The summed E-state index contributed by atoms with van der Waals surface area (Å²) in [5.74, 6) is -0.346. The van der Waals surface area contributed by atoms with Crippen molar-refractivity contribution in [2.75, 3.05) is 26.4 Å². The molecule has 384 valence electrons. The highest BCUT2D eigenvalue weighted by Gasteiger charge is 2.44. The smallest absolute Gasteiger partial charge is 0.306 e. The summed E-state index contributed by atoms with van der Waals surface area (Å²) in [7, 11) is 0. The lowest BCUT2D eigenvalue weighted by Gasteiger charge is -2.39. The van der Waals surface area contributed by atoms with Crippen molar-refractivity contribution in [3.63, 3.8) is 0 Å². The van der Waals surface area contributed by atoms with Gasteiger partial charge in [-0.25, -0.2) is 0 Å². The molecule has 9 heteroatoms. The van der Waals surface area contributed by atoms with Gasteiger partial charge in [0.05, 0.1) is 19.8 Å². The van der Waals surface area contributed by atoms with Gasteiger partial charge in [-0.05, 0) is 103 Å². The number of aliphatic hydroxyl groups excluding tert-OH is 4. The molecule has 0 aromatic carbocycles. The van der Waals surface area contributed by atoms with E-state index in [1.54, 1.807) is 0 Å². The number of hydrogen-bond donors (Lipinski definition) is 4. The van der Waals surface area contributed by atoms with Gasteiger partial charge in [0.15, 0.2) is 6.29 Å². The average molecular weight is 947 g/mol. The molecule has 0 bridgehead atoms. The first-order valence-corrected chi connectivity index (χ1v) is 26.3. The molecule has 0 spiro atoms. The van der Waals surface area contributed by atoms with E-state index in [9.17, 15) is 25.2 Å². The van der Waals surface area contributed by atoms with Crippen LogP contribution >= 0.6 is 0 Å². The van der Waals surface area contributed by atoms with Crippen LogP contribution in [-0.2, 0) is 23.7 Å². The number of hydrogen-bond acceptors (Lipinski definition) is 9. The van der Waals surface area contributed by atoms with E-state index in [4.69, 9.17) is 18.9 Å². The zero-order valence-electron chi connectivity index (χ0n) is 42.3. The third kappa shape index (κ3) is 38.2. The van der Waals surface area contributed by atoms with E-state index in [0.717, 1.165) is 116 Å². The van der Waals surface area contributed by atoms with Crippen molar-refractivity contribution >= 4 is 5.97 Å². The second-order valence-corrected chi connectivity index (χ2v) is 17.2. The van der Waals surface area contributed by atoms with Crippen LogP contribution in [0.5, 0.6) is 0 Å². The maximum absolute atomic E-state index is 12.9. The van der Waals surface area contributed by atoms with Crippen molar-refractivity contribution in [1.82, 2.24) is 0 Å². The number of carbonyl (C=O) groups excluding carboxylic acids is 1. The molecule has 1 aliphatic rings. The molecule has 0 aromatic rings. The number of rotatable bonds is 43. The summed E-state index contributed by atoms with van der Waals surface area (Å²) in [6.45, 7) is 4.15. The van der Waals surface area contributed by atoms with Crippen LogP contribution in [-0.4, -0.2) is 89.6 Å². The Morgan fingerprint density at radius 3 is 1.28 bits per heavy atom. The van der Waals surface area contributed by atoms with Crippen molar-refractivity contribution in [2.45, 2.75) is 205 Å². The third-order valence-corrected chi connectivity index (χ3v) is 11.1. The van der Waals surface area contributed by atoms with Gasteiger partial charge in [0.25, 0.3) is 0 Å². The SMILES string of the molecule is CC/C=C\C/C=C\C/C=C\C/C=C\C/C=C\C/C=C\CCCOCC(COC1OC(CO)C(O)C(O)C1O)OC(=O)CCCCCCCCCCC/C=C\C/C=C\C/C=C\C/C=C\C/C=C\CC. The summed E-state index contributed by atoms with van der Waals surface area (Å²) in [6.07, 6.45) is 64.9. The lowest BCUT2D eigenvalue weighted by atomic mass is 9.99. The highest BCUT2D eigenvalue weighted by atomic mass is 16.7. The van der Waals surface area contributed by atoms with Crippen molar-refractivity contribution in [1.29, 1.82) is 0 Å². The number of ether oxygens (including phenoxy) is 4. The molecule has 1 heterocycles. The molecule has 68 heavy (non-hydrogen) atoms. The molecule has 6 atom stereocenters. The fourth-order valence-electron chi connectivity index (χ4n) is 7.06. The molecule has 0 aromatic heterocycles. The van der Waals surface area contributed by atoms with Gasteiger partial charge in [-0.2, -0.15) is 0 Å². The molecule has 1 fully saturated rings. The number of aliphatic hydroxyl groups is 4. The van der Waals surface area contributed by atoms with Crippen LogP contribution in [0.3, 0.4) is 0 Å². The second kappa shape index (κ2) is 48.4. The quantitative estimate of drug-likeness (QED) is 0.0268. The molecule has 0 radical (unpaired) electrons. The van der Waals surface area contributed by atoms with E-state index in [1.165, 1.54) is 32.1 Å². The number of unbranched alkanes of at least 4 members (excludes halogenated alkanes) is 10. The third-order valence-electron chi connectivity index (χ3n) is 11.1. The summed E-state index contributed by atoms with van der Waals surface area (Å²) in [4.78, 5) is 12.9. The molecule has 0 amide bonds. The van der Waals surface area contributed by atoms with E-state index in [1.807, 2.05) is 0 Å². The largest absolute Gasteiger partial charge is 0.457 e. The van der Waals surface area contributed by atoms with Gasteiger partial charge in [-0.15, -0.1) is 0 Å². The molecule has 9 nitrogen and oxygen atoms in total. The lowest BCUT2D eigenvalue weighted by Crippen LogP contribution is -2.59. The first-order valence-electron chi connectivity index (χ1n) is 26.3. The first-order chi connectivity index (χ1) is 33.4. The van der Waals surface area contributed by atoms with Crippen molar-refractivity contribution in [3.05, 3.63) is 134 Å². The van der Waals surface area contributed by atoms with E-state index < -0.39 is 43.4 Å². The Morgan fingerprint density at radius 2 is 0.853 bits per heavy atom. The van der Waals surface area contributed by atoms with Crippen LogP contribution in [0.1, 0.15) is 168 Å². The number of allylic oxidation sites excluding steroid dienone is 22. The Bertz CT molecular complexity index is 1500. The Morgan fingerprint density at radius 1 is 0.471 bits per heavy atom. The van der Waals surface area contributed by atoms with E-state index in [0.29, 0.717) is 6.61 Å². The molecule has 1 saturated heterocycles. The molecule has 1 aliphatic heterocycles. The lowest BCUT2D eigenvalue weighted by molar-refractivity contribution is -0.305.